The number of nitrogens with zero attached hydrogens (tertiary/aromatic N) is 2. The minimum absolute atomic E-state index is 0.364. The molecule has 0 bridgehead atoms. The van der Waals surface area contributed by atoms with E-state index in [0.29, 0.717) is 12.6 Å². The van der Waals surface area contributed by atoms with Crippen molar-refractivity contribution in [2.75, 3.05) is 0 Å². The van der Waals surface area contributed by atoms with E-state index in [4.69, 9.17) is 4.74 Å². The van der Waals surface area contributed by atoms with Crippen LogP contribution in [-0.2, 0) is 6.61 Å². The molecule has 0 fully saturated rings. The number of hydrogen-bond acceptors (Lipinski definition) is 4. The Hall–Kier alpha value is -2.72. The van der Waals surface area contributed by atoms with Gasteiger partial charge in [0.05, 0.1) is 0 Å². The molecule has 0 spiro atoms. The average molecular weight is 317 g/mol. The van der Waals surface area contributed by atoms with Crippen molar-refractivity contribution >= 4 is 21.6 Å². The fourth-order valence-corrected chi connectivity index (χ4v) is 3.26. The molecule has 1 radical (unpaired) electrons. The molecule has 0 aliphatic carbocycles. The van der Waals surface area contributed by atoms with Crippen LogP contribution in [0.3, 0.4) is 0 Å². The van der Waals surface area contributed by atoms with Gasteiger partial charge >= 0.3 is 6.01 Å². The summed E-state index contributed by atoms with van der Waals surface area (Å²) in [6.07, 6.45) is 3.08. The van der Waals surface area contributed by atoms with Crippen molar-refractivity contribution in [2.24, 2.45) is 0 Å². The van der Waals surface area contributed by atoms with Gasteiger partial charge in [-0.05, 0) is 11.1 Å². The van der Waals surface area contributed by atoms with Crippen LogP contribution in [0.5, 0.6) is 6.01 Å². The fourth-order valence-electron chi connectivity index (χ4n) is 2.37. The quantitative estimate of drug-likeness (QED) is 0.545. The van der Waals surface area contributed by atoms with Crippen molar-refractivity contribution < 1.29 is 4.74 Å². The van der Waals surface area contributed by atoms with Crippen LogP contribution < -0.4 is 4.74 Å². The number of thiophene rings is 1. The van der Waals surface area contributed by atoms with Crippen LogP contribution in [0, 0.1) is 6.20 Å². The molecule has 0 aliphatic rings. The van der Waals surface area contributed by atoms with E-state index in [-0.39, 0.29) is 0 Å². The van der Waals surface area contributed by atoms with Crippen LogP contribution in [0.2, 0.25) is 0 Å². The highest BCUT2D eigenvalue weighted by atomic mass is 32.1. The van der Waals surface area contributed by atoms with Crippen molar-refractivity contribution in [1.29, 1.82) is 0 Å². The first-order valence-electron chi connectivity index (χ1n) is 7.29. The molecule has 0 saturated heterocycles. The average Bonchev–Trinajstić information content (AvgIpc) is 3.05. The Morgan fingerprint density at radius 1 is 0.957 bits per heavy atom. The maximum Gasteiger partial charge on any atom is 0.318 e. The van der Waals surface area contributed by atoms with E-state index in [0.717, 1.165) is 26.9 Å². The molecular formula is C19H13N2OS. The summed E-state index contributed by atoms with van der Waals surface area (Å²) >= 11 is 1.58. The van der Waals surface area contributed by atoms with Crippen molar-refractivity contribution in [3.8, 4) is 17.1 Å². The van der Waals surface area contributed by atoms with Gasteiger partial charge in [-0.2, -0.15) is 9.97 Å². The van der Waals surface area contributed by atoms with E-state index >= 15 is 0 Å². The molecule has 0 unspecified atom stereocenters. The largest absolute Gasteiger partial charge is 0.459 e. The first-order chi connectivity index (χ1) is 11.4. The van der Waals surface area contributed by atoms with Crippen LogP contribution in [0.15, 0.2) is 66.0 Å². The van der Waals surface area contributed by atoms with Gasteiger partial charge in [0.15, 0.2) is 0 Å². The lowest BCUT2D eigenvalue weighted by atomic mass is 10.1. The third-order valence-corrected chi connectivity index (χ3v) is 4.40. The Morgan fingerprint density at radius 3 is 2.48 bits per heavy atom. The molecule has 2 aromatic carbocycles. The molecule has 0 atom stereocenters. The standard InChI is InChI=1S/C19H13N2OS/c1-3-7-14(8-4-1)12-22-19-20-11-16-17(13-23-18(16)21-19)15-9-5-2-6-10-15/h1-10,13H,12H2. The first kappa shape index (κ1) is 13.9. The van der Waals surface area contributed by atoms with Gasteiger partial charge in [-0.15, -0.1) is 11.3 Å². The number of aromatic nitrogens is 2. The number of benzene rings is 2. The maximum absolute atomic E-state index is 5.67. The second kappa shape index (κ2) is 6.18. The lowest BCUT2D eigenvalue weighted by Gasteiger charge is -2.04. The van der Waals surface area contributed by atoms with Crippen LogP contribution in [0.1, 0.15) is 5.56 Å². The molecule has 4 heteroatoms. The van der Waals surface area contributed by atoms with E-state index in [1.54, 1.807) is 11.3 Å². The second-order valence-electron chi connectivity index (χ2n) is 5.09. The zero-order chi connectivity index (χ0) is 15.5. The molecule has 0 aliphatic heterocycles. The molecule has 23 heavy (non-hydrogen) atoms. The molecule has 4 rings (SSSR count). The lowest BCUT2D eigenvalue weighted by Crippen LogP contribution is -1.98. The minimum Gasteiger partial charge on any atom is -0.459 e. The normalized spacial score (nSPS) is 10.8. The number of hydrogen-bond donors (Lipinski definition) is 0. The Kier molecular flexibility index (Phi) is 3.74. The Bertz CT molecular complexity index is 920. The minimum atomic E-state index is 0.364. The molecule has 2 heterocycles. The van der Waals surface area contributed by atoms with Crippen LogP contribution in [-0.4, -0.2) is 9.97 Å². The lowest BCUT2D eigenvalue weighted by molar-refractivity contribution is 0.282. The predicted octanol–water partition coefficient (Wildman–Crippen LogP) is 4.74. The first-order valence-corrected chi connectivity index (χ1v) is 8.17. The van der Waals surface area contributed by atoms with Crippen LogP contribution in [0.25, 0.3) is 21.3 Å². The Balaban J connectivity index is 1.60. The van der Waals surface area contributed by atoms with Crippen molar-refractivity contribution in [1.82, 2.24) is 9.97 Å². The van der Waals surface area contributed by atoms with Gasteiger partial charge in [0.2, 0.25) is 0 Å². The molecule has 0 saturated carbocycles. The van der Waals surface area contributed by atoms with E-state index < -0.39 is 0 Å². The zero-order valence-corrected chi connectivity index (χ0v) is 13.1. The highest BCUT2D eigenvalue weighted by Crippen LogP contribution is 2.32. The summed E-state index contributed by atoms with van der Waals surface area (Å²) in [6.45, 7) is 0.455. The molecule has 111 valence electrons. The summed E-state index contributed by atoms with van der Waals surface area (Å²) in [5, 5.41) is 3.03. The van der Waals surface area contributed by atoms with Gasteiger partial charge in [-0.25, -0.2) is 0 Å². The monoisotopic (exact) mass is 317 g/mol. The molecular weight excluding hydrogens is 304 g/mol. The SMILES string of the molecule is [c]1nc(OCc2ccccc2)nc2scc(-c3ccccc3)c12. The van der Waals surface area contributed by atoms with Gasteiger partial charge in [0, 0.05) is 16.3 Å². The molecule has 0 N–H and O–H groups in total. The van der Waals surface area contributed by atoms with Gasteiger partial charge in [0.25, 0.3) is 0 Å². The van der Waals surface area contributed by atoms with Gasteiger partial charge < -0.3 is 4.74 Å². The Labute approximate surface area is 138 Å². The highest BCUT2D eigenvalue weighted by Gasteiger charge is 2.10. The second-order valence-corrected chi connectivity index (χ2v) is 5.95. The summed E-state index contributed by atoms with van der Waals surface area (Å²) in [5.41, 5.74) is 3.35. The Morgan fingerprint density at radius 2 is 1.70 bits per heavy atom. The van der Waals surface area contributed by atoms with Gasteiger partial charge in [0.1, 0.15) is 17.6 Å². The van der Waals surface area contributed by atoms with Crippen molar-refractivity contribution in [2.45, 2.75) is 6.61 Å². The third-order valence-electron chi connectivity index (χ3n) is 3.53. The summed E-state index contributed by atoms with van der Waals surface area (Å²) in [6, 6.07) is 20.6. The van der Waals surface area contributed by atoms with E-state index in [9.17, 15) is 0 Å². The van der Waals surface area contributed by atoms with Crippen molar-refractivity contribution in [3.63, 3.8) is 0 Å². The summed E-state index contributed by atoms with van der Waals surface area (Å²) < 4.78 is 5.67. The molecule has 0 amide bonds. The number of rotatable bonds is 4. The van der Waals surface area contributed by atoms with Crippen LogP contribution >= 0.6 is 11.3 Å². The van der Waals surface area contributed by atoms with Gasteiger partial charge in [-0.1, -0.05) is 60.7 Å². The van der Waals surface area contributed by atoms with Gasteiger partial charge in [-0.3, -0.25) is 0 Å². The van der Waals surface area contributed by atoms with Crippen LogP contribution in [0.4, 0.5) is 0 Å². The molecule has 4 aromatic rings. The summed E-state index contributed by atoms with van der Waals surface area (Å²) in [5.74, 6) is 0. The number of fused-ring (bicyclic) bond motifs is 1. The maximum atomic E-state index is 5.67. The summed E-state index contributed by atoms with van der Waals surface area (Å²) in [7, 11) is 0. The zero-order valence-electron chi connectivity index (χ0n) is 12.3. The number of ether oxygens (including phenoxy) is 1. The van der Waals surface area contributed by atoms with E-state index in [1.165, 1.54) is 0 Å². The molecule has 3 nitrogen and oxygen atoms in total. The molecule has 2 aromatic heterocycles. The topological polar surface area (TPSA) is 35.0 Å². The fraction of sp³-hybridized carbons (Fsp3) is 0.0526. The van der Waals surface area contributed by atoms with E-state index in [2.05, 4.69) is 33.7 Å². The smallest absolute Gasteiger partial charge is 0.318 e. The highest BCUT2D eigenvalue weighted by molar-refractivity contribution is 7.17. The predicted molar refractivity (Wildman–Crippen MR) is 92.5 cm³/mol. The van der Waals surface area contributed by atoms with E-state index in [1.807, 2.05) is 48.5 Å². The third kappa shape index (κ3) is 2.94. The summed E-state index contributed by atoms with van der Waals surface area (Å²) in [4.78, 5) is 9.61. The van der Waals surface area contributed by atoms with Crippen molar-refractivity contribution in [3.05, 3.63) is 77.8 Å².